The van der Waals surface area contributed by atoms with Gasteiger partial charge in [-0.15, -0.1) is 11.3 Å². The predicted molar refractivity (Wildman–Crippen MR) is 124 cm³/mol. The Balaban J connectivity index is 1.14. The molecule has 0 aliphatic heterocycles. The molecular formula is C21H22F3N5O2S2. The number of aromatic amines is 1. The maximum Gasteiger partial charge on any atom is 0.417 e. The van der Waals surface area contributed by atoms with E-state index in [1.807, 2.05) is 0 Å². The van der Waals surface area contributed by atoms with Gasteiger partial charge in [0.15, 0.2) is 0 Å². The number of carbonyl (C=O) groups excluding carboxylic acids is 1. The van der Waals surface area contributed by atoms with Crippen molar-refractivity contribution >= 4 is 45.0 Å². The van der Waals surface area contributed by atoms with E-state index in [1.54, 1.807) is 11.3 Å². The van der Waals surface area contributed by atoms with E-state index in [1.165, 1.54) is 22.7 Å². The third-order valence-electron chi connectivity index (χ3n) is 5.18. The number of H-pyrrole nitrogens is 1. The number of halogens is 3. The maximum absolute atomic E-state index is 12.5. The summed E-state index contributed by atoms with van der Waals surface area (Å²) < 4.78 is 37.6. The summed E-state index contributed by atoms with van der Waals surface area (Å²) in [5.74, 6) is 1.88. The highest BCUT2D eigenvalue weighted by molar-refractivity contribution is 7.98. The van der Waals surface area contributed by atoms with Crippen LogP contribution in [-0.4, -0.2) is 39.7 Å². The first kappa shape index (κ1) is 23.6. The van der Waals surface area contributed by atoms with Gasteiger partial charge in [0.2, 0.25) is 5.91 Å². The van der Waals surface area contributed by atoms with Crippen LogP contribution in [0.2, 0.25) is 0 Å². The summed E-state index contributed by atoms with van der Waals surface area (Å²) in [7, 11) is 0. The fraction of sp³-hybridized carbons (Fsp3) is 0.429. The molecule has 3 heterocycles. The van der Waals surface area contributed by atoms with Crippen molar-refractivity contribution < 1.29 is 18.0 Å². The second kappa shape index (κ2) is 10.1. The first-order chi connectivity index (χ1) is 15.8. The van der Waals surface area contributed by atoms with Crippen molar-refractivity contribution in [1.82, 2.24) is 20.3 Å². The highest BCUT2D eigenvalue weighted by Gasteiger charge is 2.30. The number of thioether (sulfide) groups is 1. The van der Waals surface area contributed by atoms with E-state index in [9.17, 15) is 22.8 Å². The normalized spacial score (nSPS) is 13.3. The van der Waals surface area contributed by atoms with Gasteiger partial charge in [-0.2, -0.15) is 24.9 Å². The number of aromatic nitrogens is 3. The van der Waals surface area contributed by atoms with Crippen LogP contribution in [0.25, 0.3) is 10.2 Å². The lowest BCUT2D eigenvalue weighted by molar-refractivity contribution is -0.137. The number of nitrogens with one attached hydrogen (secondary N) is 3. The minimum Gasteiger partial charge on any atom is -0.368 e. The molecule has 0 saturated heterocycles. The first-order valence-electron chi connectivity index (χ1n) is 10.5. The van der Waals surface area contributed by atoms with E-state index in [0.717, 1.165) is 47.3 Å². The number of amides is 1. The molecule has 7 nitrogen and oxygen atoms in total. The van der Waals surface area contributed by atoms with Gasteiger partial charge in [-0.3, -0.25) is 9.59 Å². The highest BCUT2D eigenvalue weighted by Crippen LogP contribution is 2.34. The number of pyridine rings is 1. The summed E-state index contributed by atoms with van der Waals surface area (Å²) in [6, 6.07) is 2.21. The van der Waals surface area contributed by atoms with Gasteiger partial charge in [0.25, 0.3) is 5.56 Å². The molecule has 1 amide bonds. The average Bonchev–Trinajstić information content (AvgIpc) is 3.35. The molecule has 4 rings (SSSR count). The molecule has 0 aromatic carbocycles. The lowest BCUT2D eigenvalue weighted by atomic mass is 10.2. The molecule has 0 radical (unpaired) electrons. The van der Waals surface area contributed by atoms with Gasteiger partial charge in [-0.25, -0.2) is 9.97 Å². The summed E-state index contributed by atoms with van der Waals surface area (Å²) in [5.41, 5.74) is 0.267. The number of fused-ring (bicyclic) bond motifs is 3. The monoisotopic (exact) mass is 497 g/mol. The predicted octanol–water partition coefficient (Wildman–Crippen LogP) is 3.74. The number of nitrogens with zero attached hydrogens (tertiary/aromatic N) is 2. The van der Waals surface area contributed by atoms with Crippen LogP contribution in [-0.2, 0) is 29.6 Å². The number of hydrogen-bond acceptors (Lipinski definition) is 7. The Bertz CT molecular complexity index is 1190. The van der Waals surface area contributed by atoms with Crippen molar-refractivity contribution in [2.75, 3.05) is 24.2 Å². The number of aryl methyl sites for hydroxylation is 2. The second-order valence-corrected chi connectivity index (χ2v) is 9.75. The van der Waals surface area contributed by atoms with Gasteiger partial charge in [0, 0.05) is 36.3 Å². The number of alkyl halides is 3. The minimum absolute atomic E-state index is 0.0808. The smallest absolute Gasteiger partial charge is 0.368 e. The largest absolute Gasteiger partial charge is 0.417 e. The number of hydrogen-bond donors (Lipinski definition) is 3. The number of anilines is 1. The molecule has 12 heteroatoms. The van der Waals surface area contributed by atoms with Crippen LogP contribution in [0.4, 0.5) is 19.0 Å². The van der Waals surface area contributed by atoms with E-state index in [0.29, 0.717) is 42.7 Å². The Kier molecular flexibility index (Phi) is 7.23. The third-order valence-corrected chi connectivity index (χ3v) is 7.34. The molecule has 33 heavy (non-hydrogen) atoms. The molecule has 0 fully saturated rings. The summed E-state index contributed by atoms with van der Waals surface area (Å²) >= 11 is 3.12. The van der Waals surface area contributed by atoms with Crippen LogP contribution < -0.4 is 16.2 Å². The fourth-order valence-corrected chi connectivity index (χ4v) is 5.68. The summed E-state index contributed by atoms with van der Waals surface area (Å²) in [6.07, 6.45) is -0.283. The zero-order valence-corrected chi connectivity index (χ0v) is 19.2. The second-order valence-electron chi connectivity index (χ2n) is 7.56. The van der Waals surface area contributed by atoms with Gasteiger partial charge >= 0.3 is 6.18 Å². The SMILES string of the molecule is O=C(CCSCc1nc2sc3c(c2c(=O)[nH]1)CCC3)NCCNc1ccc(C(F)(F)F)cn1. The standard InChI is InChI=1S/C21H22F3N5O2S2/c22-21(23,24)12-4-5-15(27-10-12)25-7-8-26-17(30)6-9-32-11-16-28-19(31)18-13-2-1-3-14(13)33-20(18)29-16/h4-5,10H,1-3,6-9,11H2,(H,25,27)(H,26,30)(H,28,29,31). The minimum atomic E-state index is -4.42. The van der Waals surface area contributed by atoms with Crippen LogP contribution in [0.3, 0.4) is 0 Å². The third kappa shape index (κ3) is 5.85. The molecule has 3 N–H and O–H groups in total. The molecular weight excluding hydrogens is 475 g/mol. The topological polar surface area (TPSA) is 99.8 Å². The van der Waals surface area contributed by atoms with Crippen molar-refractivity contribution in [2.45, 2.75) is 37.6 Å². The molecule has 176 valence electrons. The number of carbonyl (C=O) groups is 1. The van der Waals surface area contributed by atoms with Crippen LogP contribution in [0.5, 0.6) is 0 Å². The van der Waals surface area contributed by atoms with Crippen LogP contribution in [0.1, 0.15) is 34.7 Å². The van der Waals surface area contributed by atoms with Crippen molar-refractivity contribution in [3.63, 3.8) is 0 Å². The van der Waals surface area contributed by atoms with Crippen molar-refractivity contribution in [3.8, 4) is 0 Å². The van der Waals surface area contributed by atoms with Gasteiger partial charge in [-0.1, -0.05) is 0 Å². The van der Waals surface area contributed by atoms with E-state index in [4.69, 9.17) is 0 Å². The van der Waals surface area contributed by atoms with Gasteiger partial charge in [-0.05, 0) is 37.0 Å². The number of rotatable bonds is 9. The molecule has 3 aromatic rings. The van der Waals surface area contributed by atoms with Crippen molar-refractivity contribution in [3.05, 3.63) is 50.5 Å². The van der Waals surface area contributed by atoms with Crippen molar-refractivity contribution in [2.24, 2.45) is 0 Å². The molecule has 0 bridgehead atoms. The Labute approximate surface area is 195 Å². The van der Waals surface area contributed by atoms with E-state index in [2.05, 4.69) is 25.6 Å². The van der Waals surface area contributed by atoms with Crippen LogP contribution in [0.15, 0.2) is 23.1 Å². The molecule has 1 aliphatic rings. The first-order valence-corrected chi connectivity index (χ1v) is 12.4. The van der Waals surface area contributed by atoms with E-state index < -0.39 is 11.7 Å². The summed E-state index contributed by atoms with van der Waals surface area (Å²) in [5, 5.41) is 6.35. The zero-order chi connectivity index (χ0) is 23.4. The lowest BCUT2D eigenvalue weighted by Crippen LogP contribution is -2.29. The molecule has 0 unspecified atom stereocenters. The van der Waals surface area contributed by atoms with Gasteiger partial charge in [0.05, 0.1) is 16.7 Å². The zero-order valence-electron chi connectivity index (χ0n) is 17.6. The summed E-state index contributed by atoms with van der Waals surface area (Å²) in [4.78, 5) is 37.7. The maximum atomic E-state index is 12.5. The van der Waals surface area contributed by atoms with Gasteiger partial charge < -0.3 is 15.6 Å². The fourth-order valence-electron chi connectivity index (χ4n) is 3.60. The average molecular weight is 498 g/mol. The van der Waals surface area contributed by atoms with Crippen LogP contribution in [0, 0.1) is 0 Å². The molecule has 1 aliphatic carbocycles. The highest BCUT2D eigenvalue weighted by atomic mass is 32.2. The van der Waals surface area contributed by atoms with Crippen molar-refractivity contribution in [1.29, 1.82) is 0 Å². The Hall–Kier alpha value is -2.60. The Morgan fingerprint density at radius 1 is 1.24 bits per heavy atom. The molecule has 0 atom stereocenters. The summed E-state index contributed by atoms with van der Waals surface area (Å²) in [6.45, 7) is 0.661. The Morgan fingerprint density at radius 2 is 2.09 bits per heavy atom. The molecule has 0 saturated carbocycles. The van der Waals surface area contributed by atoms with E-state index in [-0.39, 0.29) is 11.5 Å². The molecule has 3 aromatic heterocycles. The lowest BCUT2D eigenvalue weighted by Gasteiger charge is -2.09. The van der Waals surface area contributed by atoms with Crippen LogP contribution >= 0.6 is 23.1 Å². The Morgan fingerprint density at radius 3 is 2.85 bits per heavy atom. The number of thiophene rings is 1. The van der Waals surface area contributed by atoms with E-state index >= 15 is 0 Å². The molecule has 0 spiro atoms. The van der Waals surface area contributed by atoms with Gasteiger partial charge in [0.1, 0.15) is 16.5 Å². The quantitative estimate of drug-likeness (QED) is 0.390.